The summed E-state index contributed by atoms with van der Waals surface area (Å²) in [5, 5.41) is 0. The lowest BCUT2D eigenvalue weighted by molar-refractivity contribution is -0.0379. The Labute approximate surface area is 124 Å². The molecule has 1 unspecified atom stereocenters. The summed E-state index contributed by atoms with van der Waals surface area (Å²) in [5.41, 5.74) is 2.37. The van der Waals surface area contributed by atoms with E-state index in [0.29, 0.717) is 19.1 Å². The number of rotatable bonds is 7. The first-order valence-corrected chi connectivity index (χ1v) is 7.85. The smallest absolute Gasteiger partial charge is 0.0993 e. The van der Waals surface area contributed by atoms with Crippen LogP contribution in [0.4, 0.5) is 0 Å². The van der Waals surface area contributed by atoms with Crippen molar-refractivity contribution in [2.24, 2.45) is 0 Å². The van der Waals surface area contributed by atoms with E-state index in [2.05, 4.69) is 67.6 Å². The van der Waals surface area contributed by atoms with Crippen LogP contribution in [0.2, 0.25) is 0 Å². The van der Waals surface area contributed by atoms with Crippen molar-refractivity contribution in [2.75, 3.05) is 24.8 Å². The molecule has 0 radical (unpaired) electrons. The average molecular weight is 362 g/mol. The highest BCUT2D eigenvalue weighted by molar-refractivity contribution is 14.1. The van der Waals surface area contributed by atoms with Crippen LogP contribution in [-0.2, 0) is 15.1 Å². The van der Waals surface area contributed by atoms with Crippen LogP contribution >= 0.6 is 22.6 Å². The SMILES string of the molecule is COCCOC(C)(CI)c1ccc(C(C)C)cc1. The highest BCUT2D eigenvalue weighted by Crippen LogP contribution is 2.29. The van der Waals surface area contributed by atoms with Gasteiger partial charge in [0, 0.05) is 11.5 Å². The third-order valence-corrected chi connectivity index (χ3v) is 4.61. The standard InChI is InChI=1S/C15H23IO2/c1-12(2)13-5-7-14(8-6-13)15(3,11-16)18-10-9-17-4/h5-8,12H,9-11H2,1-4H3. The first-order valence-electron chi connectivity index (χ1n) is 6.33. The van der Waals surface area contributed by atoms with Gasteiger partial charge >= 0.3 is 0 Å². The Morgan fingerprint density at radius 3 is 2.22 bits per heavy atom. The molecule has 1 aromatic carbocycles. The second-order valence-electron chi connectivity index (χ2n) is 4.98. The van der Waals surface area contributed by atoms with E-state index < -0.39 is 0 Å². The zero-order chi connectivity index (χ0) is 13.6. The van der Waals surface area contributed by atoms with Crippen LogP contribution in [-0.4, -0.2) is 24.8 Å². The van der Waals surface area contributed by atoms with Crippen LogP contribution in [0, 0.1) is 0 Å². The molecule has 0 aliphatic heterocycles. The quantitative estimate of drug-likeness (QED) is 0.413. The second kappa shape index (κ2) is 7.46. The number of methoxy groups -OCH3 is 1. The molecule has 0 saturated heterocycles. The molecule has 2 nitrogen and oxygen atoms in total. The zero-order valence-corrected chi connectivity index (χ0v) is 13.9. The summed E-state index contributed by atoms with van der Waals surface area (Å²) in [4.78, 5) is 0. The maximum absolute atomic E-state index is 5.97. The lowest BCUT2D eigenvalue weighted by Gasteiger charge is -2.28. The molecule has 102 valence electrons. The van der Waals surface area contributed by atoms with E-state index in [9.17, 15) is 0 Å². The van der Waals surface area contributed by atoms with E-state index in [1.54, 1.807) is 7.11 Å². The van der Waals surface area contributed by atoms with Crippen LogP contribution in [0.5, 0.6) is 0 Å². The van der Waals surface area contributed by atoms with Gasteiger partial charge in [-0.25, -0.2) is 0 Å². The number of benzene rings is 1. The highest BCUT2D eigenvalue weighted by atomic mass is 127. The summed E-state index contributed by atoms with van der Waals surface area (Å²) < 4.78 is 11.9. The summed E-state index contributed by atoms with van der Waals surface area (Å²) >= 11 is 2.38. The Hall–Kier alpha value is -0.130. The molecule has 0 fully saturated rings. The van der Waals surface area contributed by atoms with Gasteiger partial charge in [0.1, 0.15) is 0 Å². The fourth-order valence-corrected chi connectivity index (χ4v) is 2.43. The van der Waals surface area contributed by atoms with Gasteiger partial charge in [-0.3, -0.25) is 0 Å². The van der Waals surface area contributed by atoms with Gasteiger partial charge in [0.15, 0.2) is 0 Å². The lowest BCUT2D eigenvalue weighted by atomic mass is 9.94. The van der Waals surface area contributed by atoms with Gasteiger partial charge in [0.25, 0.3) is 0 Å². The third kappa shape index (κ3) is 4.21. The van der Waals surface area contributed by atoms with E-state index >= 15 is 0 Å². The molecular weight excluding hydrogens is 339 g/mol. The third-order valence-electron chi connectivity index (χ3n) is 3.15. The van der Waals surface area contributed by atoms with Gasteiger partial charge in [-0.05, 0) is 24.0 Å². The van der Waals surface area contributed by atoms with Crippen molar-refractivity contribution in [1.29, 1.82) is 0 Å². The van der Waals surface area contributed by atoms with E-state index in [1.165, 1.54) is 11.1 Å². The van der Waals surface area contributed by atoms with Crippen LogP contribution in [0.15, 0.2) is 24.3 Å². The molecule has 18 heavy (non-hydrogen) atoms. The van der Waals surface area contributed by atoms with Crippen molar-refractivity contribution in [1.82, 2.24) is 0 Å². The molecule has 0 N–H and O–H groups in total. The van der Waals surface area contributed by atoms with Crippen LogP contribution in [0.3, 0.4) is 0 Å². The van der Waals surface area contributed by atoms with Gasteiger partial charge in [0.05, 0.1) is 18.8 Å². The first-order chi connectivity index (χ1) is 8.53. The van der Waals surface area contributed by atoms with Gasteiger partial charge in [-0.1, -0.05) is 60.7 Å². The van der Waals surface area contributed by atoms with Gasteiger partial charge in [0.2, 0.25) is 0 Å². The fraction of sp³-hybridized carbons (Fsp3) is 0.600. The van der Waals surface area contributed by atoms with E-state index in [1.807, 2.05) is 0 Å². The molecule has 1 rings (SSSR count). The second-order valence-corrected chi connectivity index (χ2v) is 5.75. The average Bonchev–Trinajstić information content (AvgIpc) is 2.39. The molecule has 0 heterocycles. The molecule has 0 aliphatic carbocycles. The Morgan fingerprint density at radius 2 is 1.78 bits per heavy atom. The minimum Gasteiger partial charge on any atom is -0.382 e. The number of alkyl halides is 1. The van der Waals surface area contributed by atoms with Crippen molar-refractivity contribution in [3.8, 4) is 0 Å². The fourth-order valence-electron chi connectivity index (χ4n) is 1.77. The number of hydrogen-bond donors (Lipinski definition) is 0. The number of ether oxygens (including phenoxy) is 2. The van der Waals surface area contributed by atoms with Gasteiger partial charge in [-0.2, -0.15) is 0 Å². The van der Waals surface area contributed by atoms with Gasteiger partial charge < -0.3 is 9.47 Å². The molecule has 0 saturated carbocycles. The maximum Gasteiger partial charge on any atom is 0.0993 e. The van der Waals surface area contributed by atoms with Crippen molar-refractivity contribution in [3.63, 3.8) is 0 Å². The Balaban J connectivity index is 2.80. The normalized spacial score (nSPS) is 14.8. The molecule has 0 bridgehead atoms. The summed E-state index contributed by atoms with van der Waals surface area (Å²) in [6.45, 7) is 7.82. The molecule has 1 aromatic rings. The monoisotopic (exact) mass is 362 g/mol. The Morgan fingerprint density at radius 1 is 1.17 bits per heavy atom. The molecule has 3 heteroatoms. The first kappa shape index (κ1) is 15.9. The van der Waals surface area contributed by atoms with Crippen LogP contribution in [0.25, 0.3) is 0 Å². The maximum atomic E-state index is 5.97. The van der Waals surface area contributed by atoms with Crippen molar-refractivity contribution in [3.05, 3.63) is 35.4 Å². The molecular formula is C15H23IO2. The summed E-state index contributed by atoms with van der Waals surface area (Å²) in [5.74, 6) is 0.569. The molecule has 1 atom stereocenters. The minimum absolute atomic E-state index is 0.228. The predicted octanol–water partition coefficient (Wildman–Crippen LogP) is 4.12. The van der Waals surface area contributed by atoms with E-state index in [-0.39, 0.29) is 5.60 Å². The summed E-state index contributed by atoms with van der Waals surface area (Å²) in [6, 6.07) is 8.76. The lowest BCUT2D eigenvalue weighted by Crippen LogP contribution is -2.29. The zero-order valence-electron chi connectivity index (χ0n) is 11.7. The van der Waals surface area contributed by atoms with E-state index in [0.717, 1.165) is 4.43 Å². The van der Waals surface area contributed by atoms with Crippen molar-refractivity contribution >= 4 is 22.6 Å². The summed E-state index contributed by atoms with van der Waals surface area (Å²) in [7, 11) is 1.70. The largest absolute Gasteiger partial charge is 0.382 e. The molecule has 0 amide bonds. The Kier molecular flexibility index (Phi) is 6.60. The molecule has 0 aromatic heterocycles. The molecule has 0 spiro atoms. The Bertz CT molecular complexity index is 348. The van der Waals surface area contributed by atoms with Crippen LogP contribution in [0.1, 0.15) is 37.8 Å². The number of halogens is 1. The summed E-state index contributed by atoms with van der Waals surface area (Å²) in [6.07, 6.45) is 0. The van der Waals surface area contributed by atoms with Crippen LogP contribution < -0.4 is 0 Å². The van der Waals surface area contributed by atoms with Crippen molar-refractivity contribution in [2.45, 2.75) is 32.3 Å². The predicted molar refractivity (Wildman–Crippen MR) is 84.6 cm³/mol. The van der Waals surface area contributed by atoms with E-state index in [4.69, 9.17) is 9.47 Å². The number of hydrogen-bond acceptors (Lipinski definition) is 2. The minimum atomic E-state index is -0.228. The topological polar surface area (TPSA) is 18.5 Å². The van der Waals surface area contributed by atoms with Gasteiger partial charge in [-0.15, -0.1) is 0 Å². The highest BCUT2D eigenvalue weighted by Gasteiger charge is 2.26. The van der Waals surface area contributed by atoms with Crippen molar-refractivity contribution < 1.29 is 9.47 Å². The molecule has 0 aliphatic rings.